The fraction of sp³-hybridized carbons (Fsp3) is 0.357. The van der Waals surface area contributed by atoms with E-state index < -0.39 is 7.14 Å². The second kappa shape index (κ2) is 10.5. The maximum atomic E-state index is 15.7. The molecular weight excluding hydrogens is 590 g/mol. The highest BCUT2D eigenvalue weighted by Crippen LogP contribution is 2.52. The molecule has 0 spiro atoms. The van der Waals surface area contributed by atoms with Crippen LogP contribution in [0.2, 0.25) is 0 Å². The first-order valence-electron chi connectivity index (χ1n) is 11.8. The molecule has 0 bridgehead atoms. The number of ether oxygens (including phenoxy) is 5. The van der Waals surface area contributed by atoms with Crippen molar-refractivity contribution < 1.29 is 28.2 Å². The molecular formula is C28H32IO6P. The van der Waals surface area contributed by atoms with Crippen molar-refractivity contribution in [2.45, 2.75) is 39.0 Å². The summed E-state index contributed by atoms with van der Waals surface area (Å²) < 4.78 is 45.2. The van der Waals surface area contributed by atoms with Crippen LogP contribution in [0.25, 0.3) is 0 Å². The van der Waals surface area contributed by atoms with Gasteiger partial charge in [0.15, 0.2) is 18.6 Å². The number of hydrogen-bond donors (Lipinski definition) is 0. The fourth-order valence-corrected chi connectivity index (χ4v) is 9.32. The summed E-state index contributed by atoms with van der Waals surface area (Å²) in [6.07, 6.45) is 0. The maximum Gasteiger partial charge on any atom is 0.231 e. The van der Waals surface area contributed by atoms with Crippen LogP contribution in [0, 0.1) is 27.7 Å². The number of halogens is 1. The average molecular weight is 622 g/mol. The summed E-state index contributed by atoms with van der Waals surface area (Å²) >= 11 is 2.30. The standard InChI is InChI=1S/C28H32IO6P/c1-8-33-23-13-24(22(14-29)27-28(23)35-15-34-27)36(30,20-9-16(2)25(31-6)17(3)10-20)21-11-18(4)26(32-7)19(5)12-21/h9-13H,8,14-15H2,1-7H3. The van der Waals surface area contributed by atoms with E-state index in [2.05, 4.69) is 22.6 Å². The van der Waals surface area contributed by atoms with Gasteiger partial charge in [0, 0.05) is 25.9 Å². The number of methoxy groups -OCH3 is 2. The summed E-state index contributed by atoms with van der Waals surface area (Å²) in [6.45, 7) is 10.4. The molecule has 4 rings (SSSR count). The average Bonchev–Trinajstić information content (AvgIpc) is 3.33. The summed E-state index contributed by atoms with van der Waals surface area (Å²) in [7, 11) is -0.0975. The molecule has 0 aliphatic carbocycles. The van der Waals surface area contributed by atoms with Gasteiger partial charge in [0.05, 0.1) is 20.8 Å². The van der Waals surface area contributed by atoms with E-state index >= 15 is 4.57 Å². The molecule has 0 radical (unpaired) electrons. The number of rotatable bonds is 8. The van der Waals surface area contributed by atoms with Crippen LogP contribution in [0.4, 0.5) is 0 Å². The monoisotopic (exact) mass is 622 g/mol. The molecule has 0 N–H and O–H groups in total. The normalized spacial score (nSPS) is 12.6. The van der Waals surface area contributed by atoms with E-state index in [1.165, 1.54) is 0 Å². The molecule has 1 aliphatic rings. The molecule has 3 aromatic carbocycles. The Morgan fingerprint density at radius 1 is 0.833 bits per heavy atom. The van der Waals surface area contributed by atoms with Crippen molar-refractivity contribution in [3.8, 4) is 28.7 Å². The molecule has 8 heteroatoms. The summed E-state index contributed by atoms with van der Waals surface area (Å²) in [4.78, 5) is 0. The van der Waals surface area contributed by atoms with Crippen molar-refractivity contribution in [3.05, 3.63) is 58.1 Å². The number of alkyl halides is 1. The fourth-order valence-electron chi connectivity index (χ4n) is 5.04. The van der Waals surface area contributed by atoms with Gasteiger partial charge in [-0.15, -0.1) is 0 Å². The first kappa shape index (κ1) is 26.7. The first-order chi connectivity index (χ1) is 17.2. The van der Waals surface area contributed by atoms with Gasteiger partial charge in [-0.2, -0.15) is 0 Å². The lowest BCUT2D eigenvalue weighted by atomic mass is 10.1. The van der Waals surface area contributed by atoms with Gasteiger partial charge in [0.2, 0.25) is 12.5 Å². The predicted molar refractivity (Wildman–Crippen MR) is 153 cm³/mol. The van der Waals surface area contributed by atoms with Gasteiger partial charge in [-0.3, -0.25) is 0 Å². The topological polar surface area (TPSA) is 63.2 Å². The van der Waals surface area contributed by atoms with E-state index in [0.717, 1.165) is 49.9 Å². The summed E-state index contributed by atoms with van der Waals surface area (Å²) in [5.41, 5.74) is 4.56. The minimum Gasteiger partial charge on any atom is -0.496 e. The van der Waals surface area contributed by atoms with Crippen LogP contribution in [0.5, 0.6) is 28.7 Å². The lowest BCUT2D eigenvalue weighted by Crippen LogP contribution is -2.29. The van der Waals surface area contributed by atoms with Crippen LogP contribution in [0.3, 0.4) is 0 Å². The Labute approximate surface area is 226 Å². The Morgan fingerprint density at radius 3 is 1.72 bits per heavy atom. The lowest BCUT2D eigenvalue weighted by molar-refractivity contribution is 0.169. The van der Waals surface area contributed by atoms with Gasteiger partial charge in [0.25, 0.3) is 0 Å². The van der Waals surface area contributed by atoms with Gasteiger partial charge in [0.1, 0.15) is 11.5 Å². The Morgan fingerprint density at radius 2 is 1.31 bits per heavy atom. The SMILES string of the molecule is CCOc1cc(P(=O)(c2cc(C)c(OC)c(C)c2)c2cc(C)c(OC)c(C)c2)c(CI)c2c1OCO2. The van der Waals surface area contributed by atoms with Crippen molar-refractivity contribution in [1.29, 1.82) is 0 Å². The summed E-state index contributed by atoms with van der Waals surface area (Å²) in [6, 6.07) is 9.79. The smallest absolute Gasteiger partial charge is 0.231 e. The second-order valence-corrected chi connectivity index (χ2v) is 12.3. The summed E-state index contributed by atoms with van der Waals surface area (Å²) in [5, 5.41) is 2.15. The number of benzene rings is 3. The molecule has 0 unspecified atom stereocenters. The molecule has 0 saturated carbocycles. The van der Waals surface area contributed by atoms with Gasteiger partial charge >= 0.3 is 0 Å². The van der Waals surface area contributed by atoms with Gasteiger partial charge in [-0.25, -0.2) is 0 Å². The first-order valence-corrected chi connectivity index (χ1v) is 15.0. The van der Waals surface area contributed by atoms with Crippen molar-refractivity contribution in [3.63, 3.8) is 0 Å². The van der Waals surface area contributed by atoms with Gasteiger partial charge in [-0.1, -0.05) is 22.6 Å². The summed E-state index contributed by atoms with van der Waals surface area (Å²) in [5.74, 6) is 3.31. The molecule has 1 aliphatic heterocycles. The van der Waals surface area contributed by atoms with Crippen LogP contribution in [0.15, 0.2) is 30.3 Å². The zero-order chi connectivity index (χ0) is 26.2. The van der Waals surface area contributed by atoms with E-state index in [0.29, 0.717) is 33.6 Å². The molecule has 0 atom stereocenters. The molecule has 0 fully saturated rings. The Kier molecular flexibility index (Phi) is 7.81. The van der Waals surface area contributed by atoms with E-state index in [4.69, 9.17) is 23.7 Å². The number of hydrogen-bond acceptors (Lipinski definition) is 6. The lowest BCUT2D eigenvalue weighted by Gasteiger charge is -2.26. The molecule has 1 heterocycles. The van der Waals surface area contributed by atoms with Crippen LogP contribution in [-0.2, 0) is 8.99 Å². The Hall–Kier alpha value is -2.38. The number of aryl methyl sites for hydroxylation is 4. The van der Waals surface area contributed by atoms with Crippen molar-refractivity contribution in [2.24, 2.45) is 0 Å². The molecule has 0 amide bonds. The highest BCUT2D eigenvalue weighted by atomic mass is 127. The highest BCUT2D eigenvalue weighted by Gasteiger charge is 2.38. The van der Waals surface area contributed by atoms with Gasteiger partial charge in [-0.05, 0) is 87.2 Å². The predicted octanol–water partition coefficient (Wildman–Crippen LogP) is 5.64. The van der Waals surface area contributed by atoms with Crippen molar-refractivity contribution in [2.75, 3.05) is 27.6 Å². The van der Waals surface area contributed by atoms with Crippen LogP contribution in [0.1, 0.15) is 34.7 Å². The van der Waals surface area contributed by atoms with E-state index in [1.807, 2.05) is 65.0 Å². The van der Waals surface area contributed by atoms with Crippen LogP contribution < -0.4 is 39.6 Å². The van der Waals surface area contributed by atoms with Crippen LogP contribution >= 0.6 is 29.7 Å². The number of fused-ring (bicyclic) bond motifs is 1. The molecule has 6 nitrogen and oxygen atoms in total. The zero-order valence-electron chi connectivity index (χ0n) is 21.8. The van der Waals surface area contributed by atoms with E-state index in [-0.39, 0.29) is 6.79 Å². The van der Waals surface area contributed by atoms with Gasteiger partial charge < -0.3 is 28.2 Å². The van der Waals surface area contributed by atoms with Crippen molar-refractivity contribution in [1.82, 2.24) is 0 Å². The third-order valence-electron chi connectivity index (χ3n) is 6.49. The Balaban J connectivity index is 2.13. The Bertz CT molecular complexity index is 1260. The maximum absolute atomic E-state index is 15.7. The largest absolute Gasteiger partial charge is 0.496 e. The quantitative estimate of drug-likeness (QED) is 0.184. The third-order valence-corrected chi connectivity index (χ3v) is 10.3. The minimum absolute atomic E-state index is 0.105. The molecule has 0 aromatic heterocycles. The molecule has 0 saturated heterocycles. The molecule has 192 valence electrons. The van der Waals surface area contributed by atoms with Crippen LogP contribution in [-0.4, -0.2) is 27.6 Å². The second-order valence-electron chi connectivity index (χ2n) is 8.84. The molecule has 36 heavy (non-hydrogen) atoms. The zero-order valence-corrected chi connectivity index (χ0v) is 24.8. The minimum atomic E-state index is -3.41. The highest BCUT2D eigenvalue weighted by molar-refractivity contribution is 14.1. The van der Waals surface area contributed by atoms with E-state index in [9.17, 15) is 0 Å². The third kappa shape index (κ3) is 4.34. The van der Waals surface area contributed by atoms with E-state index in [1.54, 1.807) is 14.2 Å². The molecule has 3 aromatic rings. The van der Waals surface area contributed by atoms with Crippen molar-refractivity contribution >= 4 is 45.6 Å².